The van der Waals surface area contributed by atoms with Gasteiger partial charge in [0.15, 0.2) is 18.9 Å². The van der Waals surface area contributed by atoms with E-state index >= 15 is 0 Å². The molecule has 0 aromatic carbocycles. The monoisotopic (exact) mass is 364 g/mol. The first-order valence-corrected chi connectivity index (χ1v) is 7.24. The quantitative estimate of drug-likeness (QED) is 0.598. The van der Waals surface area contributed by atoms with Crippen LogP contribution >= 0.6 is 36.6 Å². The lowest BCUT2D eigenvalue weighted by atomic mass is 10.0. The molecule has 2 aliphatic rings. The molecule has 0 aliphatic carbocycles. The number of aromatic nitrogens is 1. The summed E-state index contributed by atoms with van der Waals surface area (Å²) in [5.74, 6) is -0.802. The van der Waals surface area contributed by atoms with E-state index in [0.717, 1.165) is 5.57 Å². The number of carboxylic acids is 1. The Kier molecular flexibility index (Phi) is 6.25. The summed E-state index contributed by atoms with van der Waals surface area (Å²) in [6, 6.07) is 5.07. The van der Waals surface area contributed by atoms with E-state index in [2.05, 4.69) is 0 Å². The average molecular weight is 365 g/mol. The summed E-state index contributed by atoms with van der Waals surface area (Å²) in [7, 11) is 0. The van der Waals surface area contributed by atoms with Gasteiger partial charge in [0.05, 0.1) is 0 Å². The van der Waals surface area contributed by atoms with Crippen LogP contribution in [0.3, 0.4) is 0 Å². The molecule has 0 radical (unpaired) electrons. The minimum absolute atomic E-state index is 0. The number of rotatable bonds is 3. The van der Waals surface area contributed by atoms with Crippen molar-refractivity contribution in [2.75, 3.05) is 5.75 Å². The van der Waals surface area contributed by atoms with Gasteiger partial charge in [0.1, 0.15) is 17.1 Å². The highest BCUT2D eigenvalue weighted by Gasteiger charge is 2.52. The van der Waals surface area contributed by atoms with Gasteiger partial charge < -0.3 is 10.8 Å². The molecule has 1 amide bonds. The Bertz CT molecular complexity index is 612. The van der Waals surface area contributed by atoms with Crippen molar-refractivity contribution in [1.82, 2.24) is 4.90 Å². The number of fused-ring (bicyclic) bond motifs is 1. The van der Waals surface area contributed by atoms with E-state index in [9.17, 15) is 14.7 Å². The van der Waals surface area contributed by atoms with Crippen LogP contribution in [0.4, 0.5) is 0 Å². The predicted octanol–water partition coefficient (Wildman–Crippen LogP) is 0.399. The Hall–Kier alpha value is -1.28. The second-order valence-corrected chi connectivity index (χ2v) is 5.85. The lowest BCUT2D eigenvalue weighted by molar-refractivity contribution is -0.689. The number of thioether (sulfide) groups is 1. The third-order valence-corrected chi connectivity index (χ3v) is 4.80. The summed E-state index contributed by atoms with van der Waals surface area (Å²) < 4.78 is 1.89. The Balaban J connectivity index is 0.00000121. The maximum absolute atomic E-state index is 11.8. The van der Waals surface area contributed by atoms with Gasteiger partial charge in [0.25, 0.3) is 0 Å². The molecule has 2 aliphatic heterocycles. The van der Waals surface area contributed by atoms with Gasteiger partial charge in [-0.2, -0.15) is 0 Å². The van der Waals surface area contributed by atoms with Crippen molar-refractivity contribution >= 4 is 48.5 Å². The van der Waals surface area contributed by atoms with Crippen LogP contribution in [0.25, 0.3) is 0 Å². The molecular weight excluding hydrogens is 349 g/mol. The summed E-state index contributed by atoms with van der Waals surface area (Å²) >= 11 is 1.52. The third kappa shape index (κ3) is 3.08. The first-order valence-electron chi connectivity index (χ1n) is 6.19. The molecule has 0 unspecified atom stereocenters. The smallest absolute Gasteiger partial charge is 0.352 e. The van der Waals surface area contributed by atoms with Crippen LogP contribution < -0.4 is 10.3 Å². The fraction of sp³-hybridized carbons (Fsp3) is 0.308. The average Bonchev–Trinajstić information content (AvgIpc) is 2.46. The van der Waals surface area contributed by atoms with Crippen molar-refractivity contribution in [1.29, 1.82) is 0 Å². The van der Waals surface area contributed by atoms with Gasteiger partial charge in [-0.25, -0.2) is 9.36 Å². The minimum atomic E-state index is -1.07. The molecule has 3 heterocycles. The van der Waals surface area contributed by atoms with Crippen molar-refractivity contribution in [2.24, 2.45) is 5.73 Å². The molecule has 3 rings (SSSR count). The zero-order chi connectivity index (χ0) is 14.3. The lowest BCUT2D eigenvalue weighted by Crippen LogP contribution is -2.68. The summed E-state index contributed by atoms with van der Waals surface area (Å²) in [6.45, 7) is 0.460. The number of carboxylic acid groups (broad SMARTS) is 1. The van der Waals surface area contributed by atoms with Crippen LogP contribution in [0, 0.1) is 0 Å². The molecule has 1 aromatic rings. The van der Waals surface area contributed by atoms with Crippen LogP contribution in [-0.2, 0) is 16.1 Å². The number of hydrogen-bond donors (Lipinski definition) is 2. The second-order valence-electron chi connectivity index (χ2n) is 4.74. The van der Waals surface area contributed by atoms with E-state index in [4.69, 9.17) is 5.73 Å². The first kappa shape index (κ1) is 18.8. The number of hydrogen-bond acceptors (Lipinski definition) is 4. The largest absolute Gasteiger partial charge is 0.477 e. The van der Waals surface area contributed by atoms with Gasteiger partial charge in [0.2, 0.25) is 5.91 Å². The number of nitrogens with zero attached hydrogens (tertiary/aromatic N) is 2. The second kappa shape index (κ2) is 7.32. The van der Waals surface area contributed by atoms with Crippen molar-refractivity contribution in [3.05, 3.63) is 41.9 Å². The zero-order valence-corrected chi connectivity index (χ0v) is 13.9. The van der Waals surface area contributed by atoms with E-state index in [1.54, 1.807) is 0 Å². The highest BCUT2D eigenvalue weighted by molar-refractivity contribution is 8.00. The van der Waals surface area contributed by atoms with Crippen LogP contribution in [-0.4, -0.2) is 39.1 Å². The Morgan fingerprint density at radius 2 is 2.00 bits per heavy atom. The van der Waals surface area contributed by atoms with Gasteiger partial charge in [0, 0.05) is 23.5 Å². The number of aliphatic carboxylic acids is 1. The van der Waals surface area contributed by atoms with Gasteiger partial charge in [-0.1, -0.05) is 6.07 Å². The van der Waals surface area contributed by atoms with Crippen LogP contribution in [0.15, 0.2) is 41.9 Å². The maximum Gasteiger partial charge on any atom is 0.352 e. The molecular formula is C13H16Cl2N3O3S+. The summed E-state index contributed by atoms with van der Waals surface area (Å²) in [5, 5.41) is 9.16. The predicted molar refractivity (Wildman–Crippen MR) is 86.9 cm³/mol. The van der Waals surface area contributed by atoms with Crippen molar-refractivity contribution in [3.8, 4) is 0 Å². The molecule has 0 saturated carbocycles. The Morgan fingerprint density at radius 1 is 1.36 bits per heavy atom. The van der Waals surface area contributed by atoms with Gasteiger partial charge in [-0.05, 0) is 0 Å². The maximum atomic E-state index is 11.8. The molecule has 9 heteroatoms. The van der Waals surface area contributed by atoms with Crippen molar-refractivity contribution < 1.29 is 19.3 Å². The normalized spacial score (nSPS) is 23.0. The van der Waals surface area contributed by atoms with E-state index in [1.807, 2.05) is 35.2 Å². The molecule has 120 valence electrons. The molecule has 6 nitrogen and oxygen atoms in total. The summed E-state index contributed by atoms with van der Waals surface area (Å²) in [6.07, 6.45) is 3.74. The number of nitrogens with two attached hydrogens (primary N) is 1. The SMILES string of the molecule is Cl.Cl.N[C@@H]1C(=O)N2C(C(=O)O)=C(C[n+]3ccccc3)CS[C@H]12. The molecule has 1 aromatic heterocycles. The van der Waals surface area contributed by atoms with Crippen LogP contribution in [0.5, 0.6) is 0 Å². The summed E-state index contributed by atoms with van der Waals surface area (Å²) in [5.41, 5.74) is 6.53. The number of halogens is 2. The molecule has 2 atom stereocenters. The third-order valence-electron chi connectivity index (χ3n) is 3.44. The van der Waals surface area contributed by atoms with Crippen molar-refractivity contribution in [3.63, 3.8) is 0 Å². The topological polar surface area (TPSA) is 87.5 Å². The molecule has 3 N–H and O–H groups in total. The van der Waals surface area contributed by atoms with Crippen LogP contribution in [0.1, 0.15) is 0 Å². The minimum Gasteiger partial charge on any atom is -0.477 e. The van der Waals surface area contributed by atoms with Gasteiger partial charge >= 0.3 is 5.97 Å². The van der Waals surface area contributed by atoms with Gasteiger partial charge in [-0.3, -0.25) is 9.69 Å². The van der Waals surface area contributed by atoms with E-state index in [0.29, 0.717) is 12.3 Å². The molecule has 0 spiro atoms. The number of carbonyl (C=O) groups is 2. The highest BCUT2D eigenvalue weighted by Crippen LogP contribution is 2.39. The van der Waals surface area contributed by atoms with Crippen molar-refractivity contribution in [2.45, 2.75) is 18.0 Å². The van der Waals surface area contributed by atoms with E-state index in [1.165, 1.54) is 16.7 Å². The van der Waals surface area contributed by atoms with Crippen LogP contribution in [0.2, 0.25) is 0 Å². The fourth-order valence-corrected chi connectivity index (χ4v) is 3.74. The molecule has 1 saturated heterocycles. The summed E-state index contributed by atoms with van der Waals surface area (Å²) in [4.78, 5) is 24.6. The zero-order valence-electron chi connectivity index (χ0n) is 11.4. The fourth-order valence-electron chi connectivity index (χ4n) is 2.46. The van der Waals surface area contributed by atoms with E-state index < -0.39 is 12.0 Å². The highest BCUT2D eigenvalue weighted by atomic mass is 35.5. The molecule has 22 heavy (non-hydrogen) atoms. The Morgan fingerprint density at radius 3 is 2.59 bits per heavy atom. The Labute approximate surface area is 144 Å². The first-order chi connectivity index (χ1) is 9.59. The van der Waals surface area contributed by atoms with E-state index in [-0.39, 0.29) is 41.8 Å². The molecule has 1 fully saturated rings. The number of β-lactam (4-membered cyclic amide) rings is 1. The number of amides is 1. The number of carbonyl (C=O) groups excluding carboxylic acids is 1. The van der Waals surface area contributed by atoms with Gasteiger partial charge in [-0.15, -0.1) is 36.6 Å². The standard InChI is InChI=1S/C13H13N3O3S.2ClH/c14-9-11(17)16-10(13(18)19)8(7-20-12(9)16)6-15-4-2-1-3-5-15;;/h1-5,9,12H,6-7,14H2;2*1H/p+1/t9-,12-;;/m1../s1. The molecule has 0 bridgehead atoms. The number of pyridine rings is 1. The lowest BCUT2D eigenvalue weighted by Gasteiger charge is -2.47.